The van der Waals surface area contributed by atoms with Crippen molar-refractivity contribution < 1.29 is 4.74 Å². The minimum atomic E-state index is -0.151. The summed E-state index contributed by atoms with van der Waals surface area (Å²) in [5, 5.41) is 0.441. The first-order chi connectivity index (χ1) is 6.98. The molecule has 0 saturated carbocycles. The summed E-state index contributed by atoms with van der Waals surface area (Å²) >= 11 is 9.12. The van der Waals surface area contributed by atoms with Gasteiger partial charge in [0.15, 0.2) is 0 Å². The largest absolute Gasteiger partial charge is 0.475 e. The first-order valence-electron chi connectivity index (χ1n) is 4.52. The zero-order valence-corrected chi connectivity index (χ0v) is 10.8. The third-order valence-corrected chi connectivity index (χ3v) is 3.14. The van der Waals surface area contributed by atoms with Gasteiger partial charge in [0.2, 0.25) is 5.90 Å². The Bertz CT molecular complexity index is 431. The fraction of sp³-hybridized carbons (Fsp3) is 0.400. The van der Waals surface area contributed by atoms with Crippen LogP contribution in [0, 0.1) is 0 Å². The Morgan fingerprint density at radius 2 is 2.27 bits per heavy atom. The minimum Gasteiger partial charge on any atom is -0.475 e. The number of hydrogen-bond donors (Lipinski definition) is 0. The van der Waals surface area contributed by atoms with E-state index < -0.39 is 0 Å². The number of pyridine rings is 1. The molecule has 1 aliphatic rings. The van der Waals surface area contributed by atoms with Crippen molar-refractivity contribution in [3.63, 3.8) is 0 Å². The summed E-state index contributed by atoms with van der Waals surface area (Å²) in [4.78, 5) is 8.48. The lowest BCUT2D eigenvalue weighted by atomic mass is 10.1. The third-order valence-electron chi connectivity index (χ3n) is 2.01. The Labute approximate surface area is 102 Å². The maximum atomic E-state index is 5.80. The molecule has 3 nitrogen and oxygen atoms in total. The Kier molecular flexibility index (Phi) is 2.73. The second kappa shape index (κ2) is 3.76. The topological polar surface area (TPSA) is 34.5 Å². The number of aliphatic imine (C=N–C) groups is 1. The second-order valence-electron chi connectivity index (χ2n) is 4.01. The monoisotopic (exact) mass is 288 g/mol. The highest BCUT2D eigenvalue weighted by atomic mass is 79.9. The van der Waals surface area contributed by atoms with Gasteiger partial charge in [-0.2, -0.15) is 0 Å². The van der Waals surface area contributed by atoms with Gasteiger partial charge in [-0.3, -0.25) is 0 Å². The van der Waals surface area contributed by atoms with Crippen LogP contribution >= 0.6 is 27.5 Å². The van der Waals surface area contributed by atoms with Crippen molar-refractivity contribution >= 4 is 33.4 Å². The zero-order chi connectivity index (χ0) is 11.1. The highest BCUT2D eigenvalue weighted by Gasteiger charge is 2.27. The molecule has 0 atom stereocenters. The number of rotatable bonds is 1. The van der Waals surface area contributed by atoms with Crippen molar-refractivity contribution in [3.8, 4) is 0 Å². The average Bonchev–Trinajstić information content (AvgIpc) is 2.51. The fourth-order valence-corrected chi connectivity index (χ4v) is 1.72. The summed E-state index contributed by atoms with van der Waals surface area (Å²) in [7, 11) is 0. The summed E-state index contributed by atoms with van der Waals surface area (Å²) in [6.45, 7) is 4.65. The molecule has 0 fully saturated rings. The van der Waals surface area contributed by atoms with Crippen molar-refractivity contribution in [2.75, 3.05) is 6.61 Å². The predicted octanol–water partition coefficient (Wildman–Crippen LogP) is 3.05. The zero-order valence-electron chi connectivity index (χ0n) is 8.42. The maximum absolute atomic E-state index is 5.80. The summed E-state index contributed by atoms with van der Waals surface area (Å²) < 4.78 is 6.24. The molecule has 80 valence electrons. The smallest absolute Gasteiger partial charge is 0.218 e. The highest BCUT2D eigenvalue weighted by molar-refractivity contribution is 9.10. The van der Waals surface area contributed by atoms with Crippen LogP contribution in [0.15, 0.2) is 21.7 Å². The molecule has 1 aliphatic heterocycles. The molecule has 0 amide bonds. The van der Waals surface area contributed by atoms with Crippen LogP contribution in [0.5, 0.6) is 0 Å². The van der Waals surface area contributed by atoms with E-state index in [0.29, 0.717) is 17.7 Å². The van der Waals surface area contributed by atoms with Crippen molar-refractivity contribution in [1.29, 1.82) is 0 Å². The summed E-state index contributed by atoms with van der Waals surface area (Å²) in [5.74, 6) is 0.630. The number of halogens is 2. The molecule has 2 rings (SSSR count). The first kappa shape index (κ1) is 10.9. The molecule has 1 aromatic rings. The number of aromatic nitrogens is 1. The Balaban J connectivity index is 2.36. The van der Waals surface area contributed by atoms with Gasteiger partial charge < -0.3 is 4.74 Å². The van der Waals surface area contributed by atoms with E-state index in [-0.39, 0.29) is 5.54 Å². The maximum Gasteiger partial charge on any atom is 0.218 e. The van der Waals surface area contributed by atoms with E-state index in [0.717, 1.165) is 10.0 Å². The van der Waals surface area contributed by atoms with Crippen molar-refractivity contribution in [2.45, 2.75) is 19.4 Å². The van der Waals surface area contributed by atoms with Gasteiger partial charge >= 0.3 is 0 Å². The van der Waals surface area contributed by atoms with Crippen molar-refractivity contribution in [2.24, 2.45) is 4.99 Å². The van der Waals surface area contributed by atoms with Crippen molar-refractivity contribution in [3.05, 3.63) is 27.5 Å². The Hall–Kier alpha value is -0.610. The van der Waals surface area contributed by atoms with Gasteiger partial charge in [0.05, 0.1) is 15.6 Å². The van der Waals surface area contributed by atoms with E-state index in [9.17, 15) is 0 Å². The number of hydrogen-bond acceptors (Lipinski definition) is 3. The molecule has 0 radical (unpaired) electrons. The van der Waals surface area contributed by atoms with Crippen LogP contribution in [0.25, 0.3) is 0 Å². The highest BCUT2D eigenvalue weighted by Crippen LogP contribution is 2.24. The average molecular weight is 290 g/mol. The molecule has 0 aromatic carbocycles. The van der Waals surface area contributed by atoms with E-state index >= 15 is 0 Å². The van der Waals surface area contributed by atoms with Crippen LogP contribution in [-0.4, -0.2) is 23.0 Å². The molecular weight excluding hydrogens is 279 g/mol. The van der Waals surface area contributed by atoms with E-state index in [4.69, 9.17) is 16.3 Å². The molecule has 0 saturated heterocycles. The Morgan fingerprint density at radius 1 is 1.53 bits per heavy atom. The van der Waals surface area contributed by atoms with Crippen LogP contribution in [-0.2, 0) is 4.74 Å². The predicted molar refractivity (Wildman–Crippen MR) is 63.5 cm³/mol. The molecule has 5 heteroatoms. The van der Waals surface area contributed by atoms with Gasteiger partial charge in [-0.1, -0.05) is 11.6 Å². The molecule has 2 heterocycles. The van der Waals surface area contributed by atoms with Crippen LogP contribution in [0.1, 0.15) is 19.4 Å². The SMILES string of the molecule is CC1(C)COC(c2cnc(Cl)c(Br)c2)=N1. The fourth-order valence-electron chi connectivity index (χ4n) is 1.27. The normalized spacial score (nSPS) is 18.5. The third kappa shape index (κ3) is 2.32. The van der Waals surface area contributed by atoms with Gasteiger partial charge in [0.1, 0.15) is 11.8 Å². The number of nitrogens with zero attached hydrogens (tertiary/aromatic N) is 2. The summed E-state index contributed by atoms with van der Waals surface area (Å²) in [6, 6.07) is 1.86. The number of ether oxygens (including phenoxy) is 1. The van der Waals surface area contributed by atoms with Gasteiger partial charge in [0, 0.05) is 6.20 Å². The molecular formula is C10H10BrClN2O. The van der Waals surface area contributed by atoms with Crippen LogP contribution in [0.3, 0.4) is 0 Å². The van der Waals surface area contributed by atoms with E-state index in [1.807, 2.05) is 19.9 Å². The lowest BCUT2D eigenvalue weighted by molar-refractivity contribution is 0.279. The summed E-state index contributed by atoms with van der Waals surface area (Å²) in [6.07, 6.45) is 1.66. The molecule has 0 aliphatic carbocycles. The standard InChI is InChI=1S/C10H10BrClN2O/c1-10(2)5-15-9(14-10)6-3-7(11)8(12)13-4-6/h3-4H,5H2,1-2H3. The van der Waals surface area contributed by atoms with Gasteiger partial charge in [-0.05, 0) is 35.8 Å². The molecule has 1 aromatic heterocycles. The molecule has 0 N–H and O–H groups in total. The van der Waals surface area contributed by atoms with Gasteiger partial charge in [-0.15, -0.1) is 0 Å². The van der Waals surface area contributed by atoms with Gasteiger partial charge in [0.25, 0.3) is 0 Å². The minimum absolute atomic E-state index is 0.151. The second-order valence-corrected chi connectivity index (χ2v) is 5.23. The van der Waals surface area contributed by atoms with Crippen LogP contribution in [0.4, 0.5) is 0 Å². The van der Waals surface area contributed by atoms with E-state index in [2.05, 4.69) is 25.9 Å². The van der Waals surface area contributed by atoms with Crippen LogP contribution < -0.4 is 0 Å². The van der Waals surface area contributed by atoms with E-state index in [1.165, 1.54) is 0 Å². The van der Waals surface area contributed by atoms with Gasteiger partial charge in [-0.25, -0.2) is 9.98 Å². The van der Waals surface area contributed by atoms with Crippen LogP contribution in [0.2, 0.25) is 5.15 Å². The molecule has 0 bridgehead atoms. The molecule has 15 heavy (non-hydrogen) atoms. The van der Waals surface area contributed by atoms with Crippen molar-refractivity contribution in [1.82, 2.24) is 4.98 Å². The quantitative estimate of drug-likeness (QED) is 0.745. The molecule has 0 unspecified atom stereocenters. The molecule has 0 spiro atoms. The first-order valence-corrected chi connectivity index (χ1v) is 5.69. The van der Waals surface area contributed by atoms with E-state index in [1.54, 1.807) is 6.20 Å². The Morgan fingerprint density at radius 3 is 2.80 bits per heavy atom. The lowest BCUT2D eigenvalue weighted by Crippen LogP contribution is -2.17. The lowest BCUT2D eigenvalue weighted by Gasteiger charge is -2.07. The summed E-state index contributed by atoms with van der Waals surface area (Å²) in [5.41, 5.74) is 0.693.